The van der Waals surface area contributed by atoms with Crippen LogP contribution < -0.4 is 4.74 Å². The van der Waals surface area contributed by atoms with Crippen LogP contribution in [-0.4, -0.2) is 17.9 Å². The van der Waals surface area contributed by atoms with Crippen molar-refractivity contribution in [2.75, 3.05) is 7.11 Å². The molecule has 1 aromatic heterocycles. The molecule has 0 saturated heterocycles. The largest absolute Gasteiger partial charge is 0.497 e. The summed E-state index contributed by atoms with van der Waals surface area (Å²) in [6.07, 6.45) is 4.99. The zero-order valence-corrected chi connectivity index (χ0v) is 12.4. The summed E-state index contributed by atoms with van der Waals surface area (Å²) in [5.74, 6) is 0.836. The van der Waals surface area contributed by atoms with Gasteiger partial charge in [0.2, 0.25) is 0 Å². The summed E-state index contributed by atoms with van der Waals surface area (Å²) in [7, 11) is 1.63. The number of methoxy groups -OCH3 is 1. The van der Waals surface area contributed by atoms with E-state index in [0.29, 0.717) is 11.6 Å². The Morgan fingerprint density at radius 3 is 2.90 bits per heavy atom. The Balaban J connectivity index is 1.98. The molecule has 0 saturated carbocycles. The highest BCUT2D eigenvalue weighted by Crippen LogP contribution is 2.30. The van der Waals surface area contributed by atoms with Gasteiger partial charge in [-0.15, -0.1) is 0 Å². The number of halogens is 1. The lowest BCUT2D eigenvalue weighted by atomic mass is 9.86. The van der Waals surface area contributed by atoms with E-state index in [-0.39, 0.29) is 5.78 Å². The monoisotopic (exact) mass is 299 g/mol. The standard InChI is InChI=1S/C17H14ClNO2/c1-21-14-6-7-15-11(10-14)4-5-12(16(15)20)9-13-3-2-8-19-17(13)18/h2-3,6-10H,4-5H2,1H3/b12-9+. The minimum atomic E-state index is 0.0545. The fourth-order valence-electron chi connectivity index (χ4n) is 2.51. The Hall–Kier alpha value is -2.13. The number of benzene rings is 1. The third-order valence-corrected chi connectivity index (χ3v) is 3.95. The highest BCUT2D eigenvalue weighted by Gasteiger charge is 2.22. The molecule has 0 N–H and O–H groups in total. The zero-order chi connectivity index (χ0) is 14.8. The number of ketones is 1. The smallest absolute Gasteiger partial charge is 0.189 e. The van der Waals surface area contributed by atoms with Crippen LogP contribution in [0.4, 0.5) is 0 Å². The molecular weight excluding hydrogens is 286 g/mol. The maximum atomic E-state index is 12.6. The summed E-state index contributed by atoms with van der Waals surface area (Å²) < 4.78 is 5.20. The van der Waals surface area contributed by atoms with Crippen LogP contribution >= 0.6 is 11.6 Å². The van der Waals surface area contributed by atoms with E-state index in [4.69, 9.17) is 16.3 Å². The summed E-state index contributed by atoms with van der Waals surface area (Å²) in [5.41, 5.74) is 3.32. The van der Waals surface area contributed by atoms with Gasteiger partial charge in [-0.05, 0) is 48.7 Å². The first kappa shape index (κ1) is 13.8. The number of allylic oxidation sites excluding steroid dienone is 1. The molecule has 1 heterocycles. The van der Waals surface area contributed by atoms with Gasteiger partial charge in [0.1, 0.15) is 10.9 Å². The lowest BCUT2D eigenvalue weighted by Crippen LogP contribution is -2.14. The molecule has 0 unspecified atom stereocenters. The second kappa shape index (κ2) is 5.70. The second-order valence-electron chi connectivity index (χ2n) is 4.91. The van der Waals surface area contributed by atoms with Crippen LogP contribution in [0.3, 0.4) is 0 Å². The number of fused-ring (bicyclic) bond motifs is 1. The van der Waals surface area contributed by atoms with E-state index in [2.05, 4.69) is 4.98 Å². The number of carbonyl (C=O) groups excluding carboxylic acids is 1. The molecule has 0 aliphatic heterocycles. The maximum absolute atomic E-state index is 12.6. The predicted molar refractivity (Wildman–Crippen MR) is 82.9 cm³/mol. The first-order valence-corrected chi connectivity index (χ1v) is 7.09. The number of Topliss-reactive ketones (excluding diaryl/α,β-unsaturated/α-hetero) is 1. The molecule has 4 heteroatoms. The third-order valence-electron chi connectivity index (χ3n) is 3.63. The molecule has 1 aliphatic rings. The summed E-state index contributed by atoms with van der Waals surface area (Å²) in [4.78, 5) is 16.6. The number of aryl methyl sites for hydroxylation is 1. The van der Waals surface area contributed by atoms with Gasteiger partial charge in [0.05, 0.1) is 7.11 Å². The number of hydrogen-bond acceptors (Lipinski definition) is 3. The van der Waals surface area contributed by atoms with Crippen molar-refractivity contribution >= 4 is 23.5 Å². The minimum Gasteiger partial charge on any atom is -0.497 e. The molecule has 0 fully saturated rings. The minimum absolute atomic E-state index is 0.0545. The molecule has 0 atom stereocenters. The zero-order valence-electron chi connectivity index (χ0n) is 11.6. The number of pyridine rings is 1. The first-order valence-electron chi connectivity index (χ1n) is 6.72. The van der Waals surface area contributed by atoms with Crippen LogP contribution in [0.2, 0.25) is 5.15 Å². The third kappa shape index (κ3) is 2.69. The van der Waals surface area contributed by atoms with Gasteiger partial charge in [0, 0.05) is 22.9 Å². The Kier molecular flexibility index (Phi) is 3.76. The number of rotatable bonds is 2. The van der Waals surface area contributed by atoms with Gasteiger partial charge in [-0.3, -0.25) is 4.79 Å². The fourth-order valence-corrected chi connectivity index (χ4v) is 2.69. The predicted octanol–water partition coefficient (Wildman–Crippen LogP) is 3.96. The van der Waals surface area contributed by atoms with E-state index in [1.807, 2.05) is 36.4 Å². The molecule has 106 valence electrons. The lowest BCUT2D eigenvalue weighted by molar-refractivity contribution is 0.102. The molecule has 2 aromatic rings. The Bertz CT molecular complexity index is 737. The van der Waals surface area contributed by atoms with Crippen molar-refractivity contribution in [1.82, 2.24) is 4.98 Å². The highest BCUT2D eigenvalue weighted by molar-refractivity contribution is 6.31. The molecule has 0 spiro atoms. The van der Waals surface area contributed by atoms with E-state index in [1.54, 1.807) is 13.3 Å². The van der Waals surface area contributed by atoms with E-state index in [0.717, 1.165) is 34.4 Å². The van der Waals surface area contributed by atoms with Crippen LogP contribution in [0.1, 0.15) is 27.9 Å². The van der Waals surface area contributed by atoms with Gasteiger partial charge in [0.15, 0.2) is 5.78 Å². The molecular formula is C17H14ClNO2. The van der Waals surface area contributed by atoms with Gasteiger partial charge in [-0.1, -0.05) is 17.7 Å². The van der Waals surface area contributed by atoms with E-state index < -0.39 is 0 Å². The van der Waals surface area contributed by atoms with Gasteiger partial charge < -0.3 is 4.74 Å². The van der Waals surface area contributed by atoms with Gasteiger partial charge >= 0.3 is 0 Å². The van der Waals surface area contributed by atoms with Gasteiger partial charge in [-0.25, -0.2) is 4.98 Å². The molecule has 3 nitrogen and oxygen atoms in total. The number of ether oxygens (including phenoxy) is 1. The summed E-state index contributed by atoms with van der Waals surface area (Å²) >= 11 is 6.05. The summed E-state index contributed by atoms with van der Waals surface area (Å²) in [6.45, 7) is 0. The van der Waals surface area contributed by atoms with Crippen molar-refractivity contribution in [3.63, 3.8) is 0 Å². The van der Waals surface area contributed by atoms with Crippen molar-refractivity contribution in [3.05, 3.63) is 63.9 Å². The van der Waals surface area contributed by atoms with Crippen molar-refractivity contribution in [2.24, 2.45) is 0 Å². The summed E-state index contributed by atoms with van der Waals surface area (Å²) in [5, 5.41) is 0.415. The molecule has 1 aliphatic carbocycles. The average molecular weight is 300 g/mol. The Morgan fingerprint density at radius 2 is 2.14 bits per heavy atom. The van der Waals surface area contributed by atoms with Crippen molar-refractivity contribution in [2.45, 2.75) is 12.8 Å². The topological polar surface area (TPSA) is 39.2 Å². The Labute approximate surface area is 128 Å². The Morgan fingerprint density at radius 1 is 1.29 bits per heavy atom. The molecule has 0 amide bonds. The molecule has 1 aromatic carbocycles. The number of carbonyl (C=O) groups is 1. The van der Waals surface area contributed by atoms with E-state index in [1.165, 1.54) is 0 Å². The van der Waals surface area contributed by atoms with Crippen LogP contribution in [-0.2, 0) is 6.42 Å². The fraction of sp³-hybridized carbons (Fsp3) is 0.176. The highest BCUT2D eigenvalue weighted by atomic mass is 35.5. The number of hydrogen-bond donors (Lipinski definition) is 0. The van der Waals surface area contributed by atoms with Crippen molar-refractivity contribution in [3.8, 4) is 5.75 Å². The maximum Gasteiger partial charge on any atom is 0.189 e. The van der Waals surface area contributed by atoms with Crippen molar-refractivity contribution in [1.29, 1.82) is 0 Å². The second-order valence-corrected chi connectivity index (χ2v) is 5.26. The van der Waals surface area contributed by atoms with Crippen LogP contribution in [0, 0.1) is 0 Å². The number of nitrogens with zero attached hydrogens (tertiary/aromatic N) is 1. The van der Waals surface area contributed by atoms with Crippen LogP contribution in [0.15, 0.2) is 42.1 Å². The molecule has 0 radical (unpaired) electrons. The van der Waals surface area contributed by atoms with Crippen LogP contribution in [0.25, 0.3) is 6.08 Å². The molecule has 0 bridgehead atoms. The quantitative estimate of drug-likeness (QED) is 0.622. The lowest BCUT2D eigenvalue weighted by Gasteiger charge is -2.18. The van der Waals surface area contributed by atoms with Crippen LogP contribution in [0.5, 0.6) is 5.75 Å². The van der Waals surface area contributed by atoms with Gasteiger partial charge in [-0.2, -0.15) is 0 Å². The van der Waals surface area contributed by atoms with E-state index in [9.17, 15) is 4.79 Å². The number of aromatic nitrogens is 1. The molecule has 3 rings (SSSR count). The van der Waals surface area contributed by atoms with Crippen molar-refractivity contribution < 1.29 is 9.53 Å². The molecule has 21 heavy (non-hydrogen) atoms. The summed E-state index contributed by atoms with van der Waals surface area (Å²) in [6, 6.07) is 9.25. The first-order chi connectivity index (χ1) is 10.2. The SMILES string of the molecule is COc1ccc2c(c1)CC/C(=C\c1cccnc1Cl)C2=O. The van der Waals surface area contributed by atoms with E-state index >= 15 is 0 Å². The average Bonchev–Trinajstić information content (AvgIpc) is 2.51. The van der Waals surface area contributed by atoms with Gasteiger partial charge in [0.25, 0.3) is 0 Å². The normalized spacial score (nSPS) is 15.9.